The maximum absolute atomic E-state index is 13.1. The van der Waals surface area contributed by atoms with Gasteiger partial charge in [0, 0.05) is 39.8 Å². The van der Waals surface area contributed by atoms with Crippen LogP contribution in [0.5, 0.6) is 17.5 Å². The van der Waals surface area contributed by atoms with Gasteiger partial charge in [0.25, 0.3) is 0 Å². The van der Waals surface area contributed by atoms with Crippen molar-refractivity contribution in [2.45, 2.75) is 13.8 Å². The minimum atomic E-state index is -0.504. The molecule has 0 radical (unpaired) electrons. The van der Waals surface area contributed by atoms with E-state index in [0.29, 0.717) is 39.8 Å². The minimum Gasteiger partial charge on any atom is -0.492 e. The molecule has 0 aliphatic rings. The Balaban J connectivity index is 1.21. The van der Waals surface area contributed by atoms with Crippen molar-refractivity contribution in [2.24, 2.45) is 0 Å². The van der Waals surface area contributed by atoms with Crippen molar-refractivity contribution in [3.63, 3.8) is 0 Å². The average Bonchev–Trinajstić information content (AvgIpc) is 3.36. The Bertz CT molecular complexity index is 1960. The molecule has 214 valence electrons. The number of anilines is 4. The molecular weight excluding hydrogens is 566 g/mol. The van der Waals surface area contributed by atoms with Crippen molar-refractivity contribution in [2.75, 3.05) is 16.0 Å². The first-order chi connectivity index (χ1) is 20.8. The number of benzene rings is 4. The Morgan fingerprint density at radius 3 is 2.44 bits per heavy atom. The highest BCUT2D eigenvalue weighted by Crippen LogP contribution is 2.34. The first-order valence-electron chi connectivity index (χ1n) is 13.3. The van der Waals surface area contributed by atoms with E-state index in [1.54, 1.807) is 30.5 Å². The number of aromatic hydroxyl groups is 1. The lowest BCUT2D eigenvalue weighted by atomic mass is 10.1. The molecule has 10 nitrogen and oxygen atoms in total. The van der Waals surface area contributed by atoms with Gasteiger partial charge in [-0.3, -0.25) is 5.32 Å². The second-order valence-electron chi connectivity index (χ2n) is 9.78. The van der Waals surface area contributed by atoms with Crippen LogP contribution in [0.3, 0.4) is 0 Å². The molecule has 0 unspecified atom stereocenters. The van der Waals surface area contributed by atoms with Gasteiger partial charge in [0.05, 0.1) is 11.4 Å². The smallest absolute Gasteiger partial charge is 0.324 e. The van der Waals surface area contributed by atoms with Gasteiger partial charge in [-0.15, -0.1) is 5.10 Å². The second-order valence-corrected chi connectivity index (χ2v) is 10.2. The number of ether oxygens (including phenoxy) is 1. The van der Waals surface area contributed by atoms with Gasteiger partial charge in [0.1, 0.15) is 11.6 Å². The van der Waals surface area contributed by atoms with Crippen molar-refractivity contribution >= 4 is 51.5 Å². The number of rotatable bonds is 7. The summed E-state index contributed by atoms with van der Waals surface area (Å²) in [6.07, 6.45) is 1.61. The molecule has 0 saturated heterocycles. The molecule has 0 aliphatic carbocycles. The maximum atomic E-state index is 13.1. The molecule has 2 heterocycles. The van der Waals surface area contributed by atoms with Gasteiger partial charge in [-0.2, -0.15) is 4.98 Å². The number of nitrogens with one attached hydrogen (secondary N) is 3. The van der Waals surface area contributed by atoms with Gasteiger partial charge in [0.15, 0.2) is 0 Å². The van der Waals surface area contributed by atoms with Crippen LogP contribution >= 0.6 is 11.6 Å². The van der Waals surface area contributed by atoms with Crippen LogP contribution in [0, 0.1) is 13.8 Å². The summed E-state index contributed by atoms with van der Waals surface area (Å²) in [5.41, 5.74) is 4.13. The van der Waals surface area contributed by atoms with Crippen LogP contribution in [0.1, 0.15) is 11.1 Å². The molecule has 0 saturated carbocycles. The number of hydrogen-bond donors (Lipinski definition) is 4. The van der Waals surface area contributed by atoms with E-state index in [-0.39, 0.29) is 5.88 Å². The number of halogens is 1. The van der Waals surface area contributed by atoms with E-state index in [1.165, 1.54) is 10.7 Å². The monoisotopic (exact) mass is 591 g/mol. The third-order valence-electron chi connectivity index (χ3n) is 6.63. The molecule has 0 bridgehead atoms. The van der Waals surface area contributed by atoms with Gasteiger partial charge < -0.3 is 20.5 Å². The van der Waals surface area contributed by atoms with Crippen molar-refractivity contribution in [3.8, 4) is 23.2 Å². The maximum Gasteiger partial charge on any atom is 0.324 e. The highest BCUT2D eigenvalue weighted by Gasteiger charge is 2.15. The van der Waals surface area contributed by atoms with Crippen molar-refractivity contribution < 1.29 is 14.6 Å². The second kappa shape index (κ2) is 11.7. The molecular formula is C32H26ClN7O3. The SMILES string of the molecule is Cc1ccc(-n2nc(O)cc2NC(=O)Nc2ccc(Oc3ccnc(Nc4ccc(Cl)cc4C)n3)c3ccccc23)cc1. The Morgan fingerprint density at radius 2 is 1.65 bits per heavy atom. The largest absolute Gasteiger partial charge is 0.492 e. The number of hydrogen-bond acceptors (Lipinski definition) is 7. The van der Waals surface area contributed by atoms with E-state index in [0.717, 1.165) is 27.6 Å². The third-order valence-corrected chi connectivity index (χ3v) is 6.86. The van der Waals surface area contributed by atoms with Crippen LogP contribution in [-0.2, 0) is 0 Å². The van der Waals surface area contributed by atoms with Crippen molar-refractivity contribution in [1.82, 2.24) is 19.7 Å². The summed E-state index contributed by atoms with van der Waals surface area (Å²) < 4.78 is 7.63. The summed E-state index contributed by atoms with van der Waals surface area (Å²) in [5, 5.41) is 25.2. The number of nitrogens with zero attached hydrogens (tertiary/aromatic N) is 4. The zero-order valence-electron chi connectivity index (χ0n) is 23.2. The molecule has 11 heteroatoms. The van der Waals surface area contributed by atoms with E-state index in [4.69, 9.17) is 16.3 Å². The fraction of sp³-hybridized carbons (Fsp3) is 0.0625. The third kappa shape index (κ3) is 6.19. The zero-order valence-corrected chi connectivity index (χ0v) is 23.9. The fourth-order valence-corrected chi connectivity index (χ4v) is 4.77. The number of carbonyl (C=O) groups is 1. The van der Waals surface area contributed by atoms with E-state index in [9.17, 15) is 9.90 Å². The van der Waals surface area contributed by atoms with Crippen LogP contribution in [0.2, 0.25) is 5.02 Å². The van der Waals surface area contributed by atoms with Crippen LogP contribution in [0.25, 0.3) is 16.5 Å². The van der Waals surface area contributed by atoms with E-state index in [1.807, 2.05) is 74.5 Å². The van der Waals surface area contributed by atoms with Crippen molar-refractivity contribution in [3.05, 3.63) is 113 Å². The highest BCUT2D eigenvalue weighted by atomic mass is 35.5. The zero-order chi connectivity index (χ0) is 29.9. The molecule has 4 N–H and O–H groups in total. The molecule has 2 aromatic heterocycles. The predicted molar refractivity (Wildman–Crippen MR) is 168 cm³/mol. The lowest BCUT2D eigenvalue weighted by molar-refractivity contribution is 0.262. The molecule has 0 atom stereocenters. The van der Waals surface area contributed by atoms with E-state index >= 15 is 0 Å². The first kappa shape index (κ1) is 27.6. The summed E-state index contributed by atoms with van der Waals surface area (Å²) in [4.78, 5) is 21.9. The van der Waals surface area contributed by atoms with Crippen LogP contribution in [0.15, 0.2) is 97.2 Å². The molecule has 0 spiro atoms. The fourth-order valence-electron chi connectivity index (χ4n) is 4.54. The quantitative estimate of drug-likeness (QED) is 0.148. The molecule has 4 aromatic carbocycles. The van der Waals surface area contributed by atoms with E-state index in [2.05, 4.69) is 31.0 Å². The standard InChI is InChI=1S/C32H26ClN7O3/c1-19-7-10-22(11-8-19)40-28(18-29(41)39-40)37-32(42)36-26-13-14-27(24-6-4-3-5-23(24)26)43-30-15-16-34-31(38-30)35-25-12-9-21(33)17-20(25)2/h3-18H,1-2H3,(H,39,41)(H,34,35,38)(H2,36,37,42). The number of aryl methyl sites for hydroxylation is 2. The lowest BCUT2D eigenvalue weighted by Crippen LogP contribution is -2.21. The minimum absolute atomic E-state index is 0.214. The molecule has 2 amide bonds. The lowest BCUT2D eigenvalue weighted by Gasteiger charge is -2.14. The van der Waals surface area contributed by atoms with Crippen LogP contribution < -0.4 is 20.7 Å². The summed E-state index contributed by atoms with van der Waals surface area (Å²) in [6, 6.07) is 26.7. The number of carbonyl (C=O) groups excluding carboxylic acids is 1. The summed E-state index contributed by atoms with van der Waals surface area (Å²) in [6.45, 7) is 3.92. The molecule has 0 fully saturated rings. The van der Waals surface area contributed by atoms with Crippen LogP contribution in [0.4, 0.5) is 27.9 Å². The van der Waals surface area contributed by atoms with E-state index < -0.39 is 6.03 Å². The predicted octanol–water partition coefficient (Wildman–Crippen LogP) is 7.97. The van der Waals surface area contributed by atoms with Crippen molar-refractivity contribution in [1.29, 1.82) is 0 Å². The topological polar surface area (TPSA) is 126 Å². The van der Waals surface area contributed by atoms with Crippen LogP contribution in [-0.4, -0.2) is 30.9 Å². The number of fused-ring (bicyclic) bond motifs is 1. The number of amides is 2. The molecule has 0 aliphatic heterocycles. The Kier molecular flexibility index (Phi) is 7.50. The van der Waals surface area contributed by atoms with Gasteiger partial charge in [-0.25, -0.2) is 14.5 Å². The van der Waals surface area contributed by atoms with Gasteiger partial charge in [-0.1, -0.05) is 53.6 Å². The first-order valence-corrected chi connectivity index (χ1v) is 13.7. The molecule has 43 heavy (non-hydrogen) atoms. The normalized spacial score (nSPS) is 10.9. The van der Waals surface area contributed by atoms with Gasteiger partial charge >= 0.3 is 6.03 Å². The van der Waals surface area contributed by atoms with Gasteiger partial charge in [0.2, 0.25) is 17.7 Å². The summed E-state index contributed by atoms with van der Waals surface area (Å²) in [5.74, 6) is 1.37. The molecule has 6 aromatic rings. The highest BCUT2D eigenvalue weighted by molar-refractivity contribution is 6.30. The summed E-state index contributed by atoms with van der Waals surface area (Å²) in [7, 11) is 0. The average molecular weight is 592 g/mol. The number of urea groups is 1. The Morgan fingerprint density at radius 1 is 0.884 bits per heavy atom. The number of aromatic nitrogens is 4. The Labute approximate surface area is 252 Å². The Hall–Kier alpha value is -5.61. The summed E-state index contributed by atoms with van der Waals surface area (Å²) >= 11 is 6.07. The molecule has 6 rings (SSSR count). The van der Waals surface area contributed by atoms with Gasteiger partial charge in [-0.05, 0) is 61.9 Å².